The minimum atomic E-state index is 0.0857. The molecular formula is C12H17NOS. The molecule has 1 fully saturated rings. The van der Waals surface area contributed by atoms with Gasteiger partial charge in [0, 0.05) is 18.2 Å². The SMILES string of the molecule is CCC1CCC(c2nc(C(C)=O)cs2)C1. The van der Waals surface area contributed by atoms with Crippen molar-refractivity contribution >= 4 is 17.1 Å². The monoisotopic (exact) mass is 223 g/mol. The summed E-state index contributed by atoms with van der Waals surface area (Å²) in [5, 5.41) is 3.08. The van der Waals surface area contributed by atoms with Crippen LogP contribution < -0.4 is 0 Å². The minimum Gasteiger partial charge on any atom is -0.293 e. The molecule has 1 aliphatic rings. The normalized spacial score (nSPS) is 25.7. The summed E-state index contributed by atoms with van der Waals surface area (Å²) >= 11 is 1.66. The predicted octanol–water partition coefficient (Wildman–Crippen LogP) is 3.64. The van der Waals surface area contributed by atoms with Crippen molar-refractivity contribution < 1.29 is 4.79 Å². The molecule has 1 heterocycles. The molecule has 0 radical (unpaired) electrons. The third-order valence-corrected chi connectivity index (χ3v) is 4.36. The van der Waals surface area contributed by atoms with Gasteiger partial charge in [0.05, 0.1) is 5.01 Å². The first-order valence-corrected chi connectivity index (χ1v) is 6.55. The van der Waals surface area contributed by atoms with Gasteiger partial charge in [-0.25, -0.2) is 4.98 Å². The van der Waals surface area contributed by atoms with Gasteiger partial charge in [0.25, 0.3) is 0 Å². The summed E-state index contributed by atoms with van der Waals surface area (Å²) in [4.78, 5) is 15.6. The maximum absolute atomic E-state index is 11.1. The Morgan fingerprint density at radius 1 is 1.60 bits per heavy atom. The average molecular weight is 223 g/mol. The van der Waals surface area contributed by atoms with Gasteiger partial charge in [-0.1, -0.05) is 13.3 Å². The standard InChI is InChI=1S/C12H17NOS/c1-3-9-4-5-10(6-9)12-13-11(7-15-12)8(2)14/h7,9-10H,3-6H2,1-2H3. The highest BCUT2D eigenvalue weighted by molar-refractivity contribution is 7.09. The maximum Gasteiger partial charge on any atom is 0.178 e. The fourth-order valence-electron chi connectivity index (χ4n) is 2.31. The minimum absolute atomic E-state index is 0.0857. The Hall–Kier alpha value is -0.700. The van der Waals surface area contributed by atoms with Crippen molar-refractivity contribution in [3.63, 3.8) is 0 Å². The van der Waals surface area contributed by atoms with Gasteiger partial charge in [0.15, 0.2) is 5.78 Å². The van der Waals surface area contributed by atoms with Crippen LogP contribution in [-0.4, -0.2) is 10.8 Å². The quantitative estimate of drug-likeness (QED) is 0.732. The third kappa shape index (κ3) is 2.28. The van der Waals surface area contributed by atoms with Crippen molar-refractivity contribution in [2.75, 3.05) is 0 Å². The number of hydrogen-bond acceptors (Lipinski definition) is 3. The first kappa shape index (κ1) is 10.8. The number of ketones is 1. The highest BCUT2D eigenvalue weighted by atomic mass is 32.1. The smallest absolute Gasteiger partial charge is 0.178 e. The number of carbonyl (C=O) groups is 1. The zero-order valence-electron chi connectivity index (χ0n) is 9.32. The van der Waals surface area contributed by atoms with Crippen LogP contribution in [0, 0.1) is 5.92 Å². The highest BCUT2D eigenvalue weighted by Crippen LogP contribution is 2.40. The van der Waals surface area contributed by atoms with Crippen molar-refractivity contribution in [3.05, 3.63) is 16.1 Å². The Bertz CT molecular complexity index is 358. The summed E-state index contributed by atoms with van der Waals surface area (Å²) in [7, 11) is 0. The van der Waals surface area contributed by atoms with Crippen LogP contribution in [0.3, 0.4) is 0 Å². The maximum atomic E-state index is 11.1. The van der Waals surface area contributed by atoms with E-state index in [0.29, 0.717) is 11.6 Å². The zero-order chi connectivity index (χ0) is 10.8. The van der Waals surface area contributed by atoms with E-state index in [9.17, 15) is 4.79 Å². The van der Waals surface area contributed by atoms with Crippen molar-refractivity contribution in [1.82, 2.24) is 4.98 Å². The second-order valence-corrected chi connectivity index (χ2v) is 5.30. The molecule has 0 saturated heterocycles. The molecule has 0 N–H and O–H groups in total. The molecule has 15 heavy (non-hydrogen) atoms. The van der Waals surface area contributed by atoms with Gasteiger partial charge in [0.1, 0.15) is 5.69 Å². The molecule has 3 heteroatoms. The zero-order valence-corrected chi connectivity index (χ0v) is 10.1. The Morgan fingerprint density at radius 2 is 2.40 bits per heavy atom. The molecule has 0 bridgehead atoms. The summed E-state index contributed by atoms with van der Waals surface area (Å²) in [5.41, 5.74) is 0.648. The number of hydrogen-bond donors (Lipinski definition) is 0. The van der Waals surface area contributed by atoms with Crippen LogP contribution in [-0.2, 0) is 0 Å². The lowest BCUT2D eigenvalue weighted by Gasteiger charge is -2.05. The number of carbonyl (C=O) groups excluding carboxylic acids is 1. The first-order valence-electron chi connectivity index (χ1n) is 5.67. The lowest BCUT2D eigenvalue weighted by molar-refractivity contribution is 0.101. The van der Waals surface area contributed by atoms with Gasteiger partial charge in [0.2, 0.25) is 0 Å². The van der Waals surface area contributed by atoms with Crippen LogP contribution in [0.25, 0.3) is 0 Å². The van der Waals surface area contributed by atoms with Crippen LogP contribution >= 0.6 is 11.3 Å². The van der Waals surface area contributed by atoms with E-state index < -0.39 is 0 Å². The second-order valence-electron chi connectivity index (χ2n) is 4.41. The van der Waals surface area contributed by atoms with Crippen LogP contribution in [0.15, 0.2) is 5.38 Å². The topological polar surface area (TPSA) is 30.0 Å². The first-order chi connectivity index (χ1) is 7.20. The summed E-state index contributed by atoms with van der Waals surface area (Å²) in [6.45, 7) is 3.85. The van der Waals surface area contributed by atoms with Crippen molar-refractivity contribution in [2.24, 2.45) is 5.92 Å². The number of thiazole rings is 1. The molecule has 1 aliphatic carbocycles. The fraction of sp³-hybridized carbons (Fsp3) is 0.667. The van der Waals surface area contributed by atoms with Gasteiger partial charge >= 0.3 is 0 Å². The van der Waals surface area contributed by atoms with E-state index in [1.807, 2.05) is 5.38 Å². The molecule has 2 rings (SSSR count). The van der Waals surface area contributed by atoms with Crippen LogP contribution in [0.4, 0.5) is 0 Å². The van der Waals surface area contributed by atoms with Gasteiger partial charge in [-0.05, 0) is 25.2 Å². The Balaban J connectivity index is 2.07. The molecule has 0 amide bonds. The molecule has 0 spiro atoms. The van der Waals surface area contributed by atoms with Crippen molar-refractivity contribution in [2.45, 2.75) is 45.4 Å². The molecule has 0 aliphatic heterocycles. The van der Waals surface area contributed by atoms with Gasteiger partial charge in [-0.3, -0.25) is 4.79 Å². The van der Waals surface area contributed by atoms with E-state index in [1.54, 1.807) is 18.3 Å². The number of aromatic nitrogens is 1. The summed E-state index contributed by atoms with van der Waals surface area (Å²) in [6, 6.07) is 0. The lowest BCUT2D eigenvalue weighted by Crippen LogP contribution is -1.97. The second kappa shape index (κ2) is 4.44. The van der Waals surface area contributed by atoms with E-state index in [0.717, 1.165) is 5.92 Å². The highest BCUT2D eigenvalue weighted by Gasteiger charge is 2.26. The summed E-state index contributed by atoms with van der Waals surface area (Å²) in [5.74, 6) is 1.58. The Kier molecular flexibility index (Phi) is 3.19. The van der Waals surface area contributed by atoms with Crippen molar-refractivity contribution in [1.29, 1.82) is 0 Å². The number of Topliss-reactive ketones (excluding diaryl/α,β-unsaturated/α-hetero) is 1. The van der Waals surface area contributed by atoms with E-state index >= 15 is 0 Å². The number of rotatable bonds is 3. The van der Waals surface area contributed by atoms with Crippen LogP contribution in [0.5, 0.6) is 0 Å². The molecule has 2 unspecified atom stereocenters. The van der Waals surface area contributed by atoms with E-state index in [-0.39, 0.29) is 5.78 Å². The molecule has 0 aromatic carbocycles. The molecule has 2 atom stereocenters. The average Bonchev–Trinajstić information content (AvgIpc) is 2.86. The van der Waals surface area contributed by atoms with E-state index in [1.165, 1.54) is 30.7 Å². The Labute approximate surface area is 94.7 Å². The van der Waals surface area contributed by atoms with Crippen LogP contribution in [0.2, 0.25) is 0 Å². The lowest BCUT2D eigenvalue weighted by atomic mass is 10.0. The van der Waals surface area contributed by atoms with Gasteiger partial charge < -0.3 is 0 Å². The van der Waals surface area contributed by atoms with Crippen molar-refractivity contribution in [3.8, 4) is 0 Å². The molecule has 2 nitrogen and oxygen atoms in total. The van der Waals surface area contributed by atoms with Crippen LogP contribution in [0.1, 0.15) is 60.9 Å². The predicted molar refractivity (Wildman–Crippen MR) is 62.5 cm³/mol. The Morgan fingerprint density at radius 3 is 2.93 bits per heavy atom. The summed E-state index contributed by atoms with van der Waals surface area (Å²) < 4.78 is 0. The molecule has 1 saturated carbocycles. The van der Waals surface area contributed by atoms with E-state index in [4.69, 9.17) is 0 Å². The molecule has 82 valence electrons. The largest absolute Gasteiger partial charge is 0.293 e. The third-order valence-electron chi connectivity index (χ3n) is 3.35. The molecule has 1 aromatic rings. The summed E-state index contributed by atoms with van der Waals surface area (Å²) in [6.07, 6.45) is 5.13. The van der Waals surface area contributed by atoms with Gasteiger partial charge in [-0.15, -0.1) is 11.3 Å². The van der Waals surface area contributed by atoms with E-state index in [2.05, 4.69) is 11.9 Å². The van der Waals surface area contributed by atoms with Gasteiger partial charge in [-0.2, -0.15) is 0 Å². The number of nitrogens with zero attached hydrogens (tertiary/aromatic N) is 1. The molecule has 1 aromatic heterocycles. The molecular weight excluding hydrogens is 206 g/mol. The fourth-order valence-corrected chi connectivity index (χ4v) is 3.32.